The van der Waals surface area contributed by atoms with Crippen molar-refractivity contribution in [2.75, 3.05) is 12.0 Å². The maximum atomic E-state index is 11.3. The van der Waals surface area contributed by atoms with Gasteiger partial charge < -0.3 is 5.32 Å². The zero-order valence-corrected chi connectivity index (χ0v) is 9.17. The zero-order valence-electron chi connectivity index (χ0n) is 8.36. The van der Waals surface area contributed by atoms with E-state index < -0.39 is 0 Å². The van der Waals surface area contributed by atoms with Crippen molar-refractivity contribution < 1.29 is 4.79 Å². The molecule has 0 saturated heterocycles. The summed E-state index contributed by atoms with van der Waals surface area (Å²) in [5.74, 6) is 0.568. The molecule has 0 aliphatic heterocycles. The van der Waals surface area contributed by atoms with Gasteiger partial charge in [-0.3, -0.25) is 9.78 Å². The van der Waals surface area contributed by atoms with Gasteiger partial charge in [-0.05, 0) is 24.8 Å². The van der Waals surface area contributed by atoms with Crippen LogP contribution in [0.25, 0.3) is 0 Å². The number of aromatic nitrogens is 1. The lowest BCUT2D eigenvalue weighted by atomic mass is 10.1. The molecular formula is C10H14N2OS. The topological polar surface area (TPSA) is 42.0 Å². The van der Waals surface area contributed by atoms with E-state index in [-0.39, 0.29) is 11.9 Å². The molecule has 76 valence electrons. The number of nitrogens with zero attached hydrogens (tertiary/aromatic N) is 1. The standard InChI is InChI=1S/C10H14N2OS/c1-8(12-10(13)7-14-2)9-4-3-5-11-6-9/h3-6,8H,7H2,1-2H3,(H,12,13). The second kappa shape index (κ2) is 5.65. The van der Waals surface area contributed by atoms with Crippen molar-refractivity contribution in [1.29, 1.82) is 0 Å². The Balaban J connectivity index is 2.50. The Labute approximate surface area is 88.3 Å². The largest absolute Gasteiger partial charge is 0.349 e. The predicted octanol–water partition coefficient (Wildman–Crippen LogP) is 1.62. The summed E-state index contributed by atoms with van der Waals surface area (Å²) < 4.78 is 0. The number of hydrogen-bond acceptors (Lipinski definition) is 3. The molecule has 0 aliphatic rings. The van der Waals surface area contributed by atoms with Crippen molar-refractivity contribution in [3.63, 3.8) is 0 Å². The van der Waals surface area contributed by atoms with E-state index in [0.717, 1.165) is 5.56 Å². The first-order valence-corrected chi connectivity index (χ1v) is 5.81. The Bertz CT molecular complexity index is 289. The fourth-order valence-electron chi connectivity index (χ4n) is 1.13. The van der Waals surface area contributed by atoms with Crippen molar-refractivity contribution in [2.24, 2.45) is 0 Å². The van der Waals surface area contributed by atoms with Crippen LogP contribution in [-0.2, 0) is 4.79 Å². The lowest BCUT2D eigenvalue weighted by Gasteiger charge is -2.12. The Morgan fingerprint density at radius 2 is 2.50 bits per heavy atom. The van der Waals surface area contributed by atoms with Gasteiger partial charge in [0.1, 0.15) is 0 Å². The number of rotatable bonds is 4. The van der Waals surface area contributed by atoms with E-state index in [0.29, 0.717) is 5.75 Å². The summed E-state index contributed by atoms with van der Waals surface area (Å²) in [6.07, 6.45) is 5.40. The molecule has 0 aliphatic carbocycles. The average Bonchev–Trinajstić information content (AvgIpc) is 2.19. The van der Waals surface area contributed by atoms with E-state index in [1.54, 1.807) is 12.4 Å². The number of thioether (sulfide) groups is 1. The number of carbonyl (C=O) groups excluding carboxylic acids is 1. The van der Waals surface area contributed by atoms with Gasteiger partial charge in [-0.25, -0.2) is 0 Å². The normalized spacial score (nSPS) is 12.1. The van der Waals surface area contributed by atoms with Crippen LogP contribution >= 0.6 is 11.8 Å². The number of amides is 1. The average molecular weight is 210 g/mol. The summed E-state index contributed by atoms with van der Waals surface area (Å²) in [4.78, 5) is 15.3. The van der Waals surface area contributed by atoms with Crippen LogP contribution in [0.1, 0.15) is 18.5 Å². The molecule has 14 heavy (non-hydrogen) atoms. The number of pyridine rings is 1. The highest BCUT2D eigenvalue weighted by Crippen LogP contribution is 2.09. The Morgan fingerprint density at radius 3 is 3.07 bits per heavy atom. The second-order valence-corrected chi connectivity index (χ2v) is 3.87. The van der Waals surface area contributed by atoms with Gasteiger partial charge in [-0.15, -0.1) is 0 Å². The van der Waals surface area contributed by atoms with Crippen LogP contribution in [0.15, 0.2) is 24.5 Å². The van der Waals surface area contributed by atoms with Gasteiger partial charge in [0, 0.05) is 12.4 Å². The minimum absolute atomic E-state index is 0.0309. The highest BCUT2D eigenvalue weighted by Gasteiger charge is 2.07. The van der Waals surface area contributed by atoms with E-state index in [1.165, 1.54) is 11.8 Å². The summed E-state index contributed by atoms with van der Waals surface area (Å²) >= 11 is 1.52. The van der Waals surface area contributed by atoms with Crippen molar-refractivity contribution in [1.82, 2.24) is 10.3 Å². The van der Waals surface area contributed by atoms with Crippen LogP contribution in [0.3, 0.4) is 0 Å². The number of nitrogens with one attached hydrogen (secondary N) is 1. The van der Waals surface area contributed by atoms with Crippen LogP contribution in [0.5, 0.6) is 0 Å². The minimum atomic E-state index is 0.0309. The van der Waals surface area contributed by atoms with E-state index in [9.17, 15) is 4.79 Å². The molecule has 0 radical (unpaired) electrons. The van der Waals surface area contributed by atoms with Gasteiger partial charge in [0.15, 0.2) is 0 Å². The molecule has 1 unspecified atom stereocenters. The number of hydrogen-bond donors (Lipinski definition) is 1. The Kier molecular flexibility index (Phi) is 4.46. The highest BCUT2D eigenvalue weighted by molar-refractivity contribution is 7.99. The summed E-state index contributed by atoms with van der Waals surface area (Å²) in [7, 11) is 0. The monoisotopic (exact) mass is 210 g/mol. The molecule has 1 atom stereocenters. The smallest absolute Gasteiger partial charge is 0.230 e. The molecule has 1 heterocycles. The van der Waals surface area contributed by atoms with Crippen LogP contribution in [-0.4, -0.2) is 22.9 Å². The molecule has 3 nitrogen and oxygen atoms in total. The van der Waals surface area contributed by atoms with Crippen LogP contribution in [0, 0.1) is 0 Å². The maximum absolute atomic E-state index is 11.3. The van der Waals surface area contributed by atoms with Gasteiger partial charge in [0.05, 0.1) is 11.8 Å². The molecule has 0 aromatic carbocycles. The number of carbonyl (C=O) groups is 1. The molecule has 1 amide bonds. The lowest BCUT2D eigenvalue weighted by molar-refractivity contribution is -0.119. The first kappa shape index (κ1) is 11.0. The lowest BCUT2D eigenvalue weighted by Crippen LogP contribution is -2.28. The maximum Gasteiger partial charge on any atom is 0.230 e. The fraction of sp³-hybridized carbons (Fsp3) is 0.400. The summed E-state index contributed by atoms with van der Waals surface area (Å²) in [6, 6.07) is 3.85. The zero-order chi connectivity index (χ0) is 10.4. The second-order valence-electron chi connectivity index (χ2n) is 3.01. The van der Waals surface area contributed by atoms with Crippen molar-refractivity contribution in [3.05, 3.63) is 30.1 Å². The van der Waals surface area contributed by atoms with Gasteiger partial charge in [0.2, 0.25) is 5.91 Å². The molecule has 0 fully saturated rings. The Hall–Kier alpha value is -1.03. The quantitative estimate of drug-likeness (QED) is 0.821. The van der Waals surface area contributed by atoms with Crippen LogP contribution in [0.4, 0.5) is 0 Å². The van der Waals surface area contributed by atoms with Crippen LogP contribution < -0.4 is 5.32 Å². The van der Waals surface area contributed by atoms with Gasteiger partial charge in [-0.1, -0.05) is 6.07 Å². The van der Waals surface area contributed by atoms with Gasteiger partial charge >= 0.3 is 0 Å². The first-order chi connectivity index (χ1) is 6.74. The van der Waals surface area contributed by atoms with Gasteiger partial charge in [0.25, 0.3) is 0 Å². The van der Waals surface area contributed by atoms with E-state index in [2.05, 4.69) is 10.3 Å². The van der Waals surface area contributed by atoms with Crippen molar-refractivity contribution in [3.8, 4) is 0 Å². The SMILES string of the molecule is CSCC(=O)NC(C)c1cccnc1. The summed E-state index contributed by atoms with van der Waals surface area (Å²) in [5, 5.41) is 2.90. The van der Waals surface area contributed by atoms with Crippen LogP contribution in [0.2, 0.25) is 0 Å². The molecule has 1 rings (SSSR count). The highest BCUT2D eigenvalue weighted by atomic mass is 32.2. The molecule has 4 heteroatoms. The van der Waals surface area contributed by atoms with E-state index in [1.807, 2.05) is 25.3 Å². The molecule has 1 N–H and O–H groups in total. The molecule has 0 saturated carbocycles. The molecular weight excluding hydrogens is 196 g/mol. The van der Waals surface area contributed by atoms with E-state index in [4.69, 9.17) is 0 Å². The summed E-state index contributed by atoms with van der Waals surface area (Å²) in [6.45, 7) is 1.95. The summed E-state index contributed by atoms with van der Waals surface area (Å²) in [5.41, 5.74) is 1.03. The molecule has 0 spiro atoms. The first-order valence-electron chi connectivity index (χ1n) is 4.42. The molecule has 1 aromatic heterocycles. The predicted molar refractivity (Wildman–Crippen MR) is 59.2 cm³/mol. The third-order valence-corrected chi connectivity index (χ3v) is 2.39. The third-order valence-electron chi connectivity index (χ3n) is 1.84. The minimum Gasteiger partial charge on any atom is -0.349 e. The van der Waals surface area contributed by atoms with Crippen molar-refractivity contribution in [2.45, 2.75) is 13.0 Å². The van der Waals surface area contributed by atoms with E-state index >= 15 is 0 Å². The molecule has 0 bridgehead atoms. The van der Waals surface area contributed by atoms with Crippen molar-refractivity contribution >= 4 is 17.7 Å². The van der Waals surface area contributed by atoms with Gasteiger partial charge in [-0.2, -0.15) is 11.8 Å². The fourth-order valence-corrected chi connectivity index (χ4v) is 1.48. The third kappa shape index (κ3) is 3.38. The molecule has 1 aromatic rings. The Morgan fingerprint density at radius 1 is 1.71 bits per heavy atom.